The standard InChI is InChI=1S/C23H21N3O6S/c1-3-24-12-18(23(29)32-4-2)21(28)17-11-15(8-9-19(17)24)25-20(27)13-33-22(25)14-6-5-7-16(10-14)26(30)31/h5-12,22H,3-4,13H2,1-2H3. The summed E-state index contributed by atoms with van der Waals surface area (Å²) in [6.07, 6.45) is 1.49. The third-order valence-electron chi connectivity index (χ3n) is 5.41. The van der Waals surface area contributed by atoms with Crippen molar-refractivity contribution in [1.82, 2.24) is 4.57 Å². The number of thioether (sulfide) groups is 1. The Balaban J connectivity index is 1.84. The van der Waals surface area contributed by atoms with Crippen molar-refractivity contribution in [3.8, 4) is 0 Å². The predicted octanol–water partition coefficient (Wildman–Crippen LogP) is 3.88. The van der Waals surface area contributed by atoms with E-state index in [1.165, 1.54) is 35.0 Å². The number of nitro benzene ring substituents is 1. The second-order valence-corrected chi connectivity index (χ2v) is 8.43. The highest BCUT2D eigenvalue weighted by Crippen LogP contribution is 2.42. The molecule has 1 amide bonds. The van der Waals surface area contributed by atoms with E-state index < -0.39 is 21.7 Å². The molecule has 0 saturated carbocycles. The molecule has 2 aromatic carbocycles. The molecule has 0 spiro atoms. The molecule has 2 heterocycles. The normalized spacial score (nSPS) is 15.8. The number of hydrogen-bond acceptors (Lipinski definition) is 7. The van der Waals surface area contributed by atoms with Gasteiger partial charge in [-0.1, -0.05) is 12.1 Å². The number of nitro groups is 1. The van der Waals surface area contributed by atoms with Crippen molar-refractivity contribution < 1.29 is 19.2 Å². The van der Waals surface area contributed by atoms with E-state index in [9.17, 15) is 24.5 Å². The zero-order valence-corrected chi connectivity index (χ0v) is 18.8. The Morgan fingerprint density at radius 2 is 2.00 bits per heavy atom. The van der Waals surface area contributed by atoms with Crippen LogP contribution in [0.4, 0.5) is 11.4 Å². The first-order chi connectivity index (χ1) is 15.8. The average molecular weight is 468 g/mol. The zero-order valence-electron chi connectivity index (χ0n) is 18.0. The van der Waals surface area contributed by atoms with Crippen LogP contribution in [0.25, 0.3) is 10.9 Å². The van der Waals surface area contributed by atoms with E-state index in [0.717, 1.165) is 0 Å². The van der Waals surface area contributed by atoms with Gasteiger partial charge in [0.25, 0.3) is 5.69 Å². The average Bonchev–Trinajstić information content (AvgIpc) is 3.20. The Hall–Kier alpha value is -3.66. The molecule has 9 nitrogen and oxygen atoms in total. The summed E-state index contributed by atoms with van der Waals surface area (Å²) in [5.74, 6) is -0.666. The highest BCUT2D eigenvalue weighted by atomic mass is 32.2. The zero-order chi connectivity index (χ0) is 23.7. The Kier molecular flexibility index (Phi) is 6.19. The maximum Gasteiger partial charge on any atom is 0.343 e. The van der Waals surface area contributed by atoms with Crippen molar-refractivity contribution in [1.29, 1.82) is 0 Å². The van der Waals surface area contributed by atoms with Crippen molar-refractivity contribution >= 4 is 45.9 Å². The Bertz CT molecular complexity index is 1340. The summed E-state index contributed by atoms with van der Waals surface area (Å²) in [7, 11) is 0. The molecule has 0 aliphatic carbocycles. The van der Waals surface area contributed by atoms with E-state index in [-0.39, 0.29) is 29.5 Å². The number of benzene rings is 2. The second kappa shape index (κ2) is 9.07. The van der Waals surface area contributed by atoms with Crippen LogP contribution in [-0.4, -0.2) is 33.7 Å². The van der Waals surface area contributed by atoms with E-state index in [1.807, 2.05) is 6.92 Å². The number of carbonyl (C=O) groups is 2. The predicted molar refractivity (Wildman–Crippen MR) is 126 cm³/mol. The number of fused-ring (bicyclic) bond motifs is 1. The molecular weight excluding hydrogens is 446 g/mol. The van der Waals surface area contributed by atoms with Gasteiger partial charge in [-0.25, -0.2) is 4.79 Å². The summed E-state index contributed by atoms with van der Waals surface area (Å²) in [5, 5.41) is 11.0. The lowest BCUT2D eigenvalue weighted by molar-refractivity contribution is -0.384. The van der Waals surface area contributed by atoms with Crippen molar-refractivity contribution in [3.05, 3.63) is 80.1 Å². The summed E-state index contributed by atoms with van der Waals surface area (Å²) in [6, 6.07) is 11.3. The smallest absolute Gasteiger partial charge is 0.343 e. The SMILES string of the molecule is CCOC(=O)c1cn(CC)c2ccc(N3C(=O)CSC3c3cccc([N+](=O)[O-])c3)cc2c1=O. The first kappa shape index (κ1) is 22.5. The van der Waals surface area contributed by atoms with Crippen LogP contribution in [-0.2, 0) is 16.1 Å². The number of nitrogens with zero attached hydrogens (tertiary/aromatic N) is 3. The van der Waals surface area contributed by atoms with Crippen LogP contribution in [0.1, 0.15) is 35.1 Å². The van der Waals surface area contributed by atoms with Crippen molar-refractivity contribution in [2.45, 2.75) is 25.8 Å². The number of anilines is 1. The fourth-order valence-corrected chi connectivity index (χ4v) is 5.06. The lowest BCUT2D eigenvalue weighted by atomic mass is 10.1. The summed E-state index contributed by atoms with van der Waals surface area (Å²) in [4.78, 5) is 50.5. The number of esters is 1. The quantitative estimate of drug-likeness (QED) is 0.307. The number of pyridine rings is 1. The molecule has 1 unspecified atom stereocenters. The first-order valence-electron chi connectivity index (χ1n) is 10.4. The number of aromatic nitrogens is 1. The van der Waals surface area contributed by atoms with Crippen LogP contribution in [0.5, 0.6) is 0 Å². The molecule has 1 aromatic heterocycles. The van der Waals surface area contributed by atoms with Crippen LogP contribution in [0.3, 0.4) is 0 Å². The van der Waals surface area contributed by atoms with Crippen LogP contribution in [0, 0.1) is 10.1 Å². The molecule has 0 N–H and O–H groups in total. The largest absolute Gasteiger partial charge is 0.462 e. The third-order valence-corrected chi connectivity index (χ3v) is 6.62. The van der Waals surface area contributed by atoms with Crippen LogP contribution < -0.4 is 10.3 Å². The maximum absolute atomic E-state index is 13.1. The summed E-state index contributed by atoms with van der Waals surface area (Å²) in [6.45, 7) is 4.23. The maximum atomic E-state index is 13.1. The summed E-state index contributed by atoms with van der Waals surface area (Å²) in [5.41, 5.74) is 1.13. The lowest BCUT2D eigenvalue weighted by Gasteiger charge is -2.25. The van der Waals surface area contributed by atoms with E-state index in [1.54, 1.807) is 41.8 Å². The molecule has 0 bridgehead atoms. The number of hydrogen-bond donors (Lipinski definition) is 0. The van der Waals surface area contributed by atoms with Gasteiger partial charge in [-0.05, 0) is 37.6 Å². The number of ether oxygens (including phenoxy) is 1. The van der Waals surface area contributed by atoms with E-state index in [4.69, 9.17) is 4.74 Å². The number of aryl methyl sites for hydroxylation is 1. The number of non-ortho nitro benzene ring substituents is 1. The molecule has 3 aromatic rings. The second-order valence-electron chi connectivity index (χ2n) is 7.36. The van der Waals surface area contributed by atoms with Crippen molar-refractivity contribution in [3.63, 3.8) is 0 Å². The van der Waals surface area contributed by atoms with E-state index in [0.29, 0.717) is 28.7 Å². The van der Waals surface area contributed by atoms with Gasteiger partial charge in [-0.2, -0.15) is 0 Å². The molecule has 10 heteroatoms. The minimum atomic E-state index is -0.695. The van der Waals surface area contributed by atoms with Gasteiger partial charge < -0.3 is 9.30 Å². The molecule has 1 fully saturated rings. The molecule has 1 saturated heterocycles. The minimum absolute atomic E-state index is 0.0594. The fourth-order valence-electron chi connectivity index (χ4n) is 3.89. The monoisotopic (exact) mass is 467 g/mol. The van der Waals surface area contributed by atoms with Crippen LogP contribution in [0.15, 0.2) is 53.5 Å². The van der Waals surface area contributed by atoms with Gasteiger partial charge in [0.05, 0.1) is 22.8 Å². The van der Waals surface area contributed by atoms with E-state index >= 15 is 0 Å². The Morgan fingerprint density at radius 3 is 2.70 bits per heavy atom. The molecule has 4 rings (SSSR count). The number of rotatable bonds is 6. The van der Waals surface area contributed by atoms with Gasteiger partial charge >= 0.3 is 5.97 Å². The van der Waals surface area contributed by atoms with Gasteiger partial charge in [0.15, 0.2) is 0 Å². The Morgan fingerprint density at radius 1 is 1.21 bits per heavy atom. The lowest BCUT2D eigenvalue weighted by Crippen LogP contribution is -2.28. The van der Waals surface area contributed by atoms with Gasteiger partial charge in [0, 0.05) is 35.9 Å². The van der Waals surface area contributed by atoms with Crippen LogP contribution in [0.2, 0.25) is 0 Å². The molecule has 33 heavy (non-hydrogen) atoms. The van der Waals surface area contributed by atoms with Crippen molar-refractivity contribution in [2.75, 3.05) is 17.3 Å². The van der Waals surface area contributed by atoms with Crippen molar-refractivity contribution in [2.24, 2.45) is 0 Å². The fraction of sp³-hybridized carbons (Fsp3) is 0.261. The molecule has 0 radical (unpaired) electrons. The molecule has 1 aliphatic rings. The summed E-state index contributed by atoms with van der Waals surface area (Å²) >= 11 is 1.36. The molecular formula is C23H21N3O6S. The highest BCUT2D eigenvalue weighted by Gasteiger charge is 2.35. The van der Waals surface area contributed by atoms with Gasteiger partial charge in [-0.15, -0.1) is 11.8 Å². The third kappa shape index (κ3) is 4.09. The Labute approximate surface area is 193 Å². The van der Waals surface area contributed by atoms with Gasteiger partial charge in [0.2, 0.25) is 11.3 Å². The molecule has 1 atom stereocenters. The van der Waals surface area contributed by atoms with E-state index in [2.05, 4.69) is 0 Å². The number of amides is 1. The minimum Gasteiger partial charge on any atom is -0.462 e. The van der Waals surface area contributed by atoms with Gasteiger partial charge in [0.1, 0.15) is 10.9 Å². The number of carbonyl (C=O) groups excluding carboxylic acids is 2. The summed E-state index contributed by atoms with van der Waals surface area (Å²) < 4.78 is 6.82. The van der Waals surface area contributed by atoms with Crippen LogP contribution >= 0.6 is 11.8 Å². The molecule has 170 valence electrons. The highest BCUT2D eigenvalue weighted by molar-refractivity contribution is 8.00. The topological polar surface area (TPSA) is 112 Å². The molecule has 1 aliphatic heterocycles. The van der Waals surface area contributed by atoms with Gasteiger partial charge in [-0.3, -0.25) is 24.6 Å². The first-order valence-corrected chi connectivity index (χ1v) is 11.4.